The number of hydrogen-bond donors (Lipinski definition) is 1. The zero-order valence-corrected chi connectivity index (χ0v) is 33.8. The highest BCUT2D eigenvalue weighted by Crippen LogP contribution is 2.43. The summed E-state index contributed by atoms with van der Waals surface area (Å²) >= 11 is 0. The van der Waals surface area contributed by atoms with Crippen molar-refractivity contribution in [2.75, 3.05) is 47.5 Å². The van der Waals surface area contributed by atoms with Crippen LogP contribution in [-0.2, 0) is 32.7 Å². The molecular weight excluding hydrogens is 653 g/mol. The second-order valence-corrected chi connectivity index (χ2v) is 16.1. The molecule has 1 unspecified atom stereocenters. The molecule has 0 spiro atoms. The second kappa shape index (κ2) is 33.3. The molecule has 0 saturated carbocycles. The molecular formula is C40H77NO8P+. The summed E-state index contributed by atoms with van der Waals surface area (Å²) in [5, 5.41) is 0. The van der Waals surface area contributed by atoms with Gasteiger partial charge in [-0.1, -0.05) is 115 Å². The number of likely N-dealkylation sites (N-methyl/N-ethyl adjacent to an activating group) is 1. The molecule has 0 radical (unpaired) electrons. The number of carbonyl (C=O) groups excluding carboxylic acids is 2. The van der Waals surface area contributed by atoms with Gasteiger partial charge in [-0.25, -0.2) is 4.57 Å². The second-order valence-electron chi connectivity index (χ2n) is 14.7. The van der Waals surface area contributed by atoms with Crippen LogP contribution in [-0.4, -0.2) is 74.9 Å². The summed E-state index contributed by atoms with van der Waals surface area (Å²) in [7, 11) is 1.46. The number of carbonyl (C=O) groups is 2. The van der Waals surface area contributed by atoms with Gasteiger partial charge in [-0.2, -0.15) is 0 Å². The minimum absolute atomic E-state index is 0.0276. The van der Waals surface area contributed by atoms with E-state index >= 15 is 0 Å². The highest BCUT2D eigenvalue weighted by molar-refractivity contribution is 7.47. The number of hydrogen-bond acceptors (Lipinski definition) is 7. The molecule has 0 rings (SSSR count). The fraction of sp³-hybridized carbons (Fsp3) is 0.850. The molecule has 0 saturated heterocycles. The van der Waals surface area contributed by atoms with E-state index in [0.717, 1.165) is 51.4 Å². The van der Waals surface area contributed by atoms with Gasteiger partial charge in [0.25, 0.3) is 0 Å². The number of rotatable bonds is 36. The minimum Gasteiger partial charge on any atom is -0.462 e. The summed E-state index contributed by atoms with van der Waals surface area (Å²) < 4.78 is 34.1. The van der Waals surface area contributed by atoms with Crippen LogP contribution in [0.15, 0.2) is 24.3 Å². The number of nitrogens with zero attached hydrogens (tertiary/aromatic N) is 1. The smallest absolute Gasteiger partial charge is 0.462 e. The lowest BCUT2D eigenvalue weighted by Crippen LogP contribution is -2.37. The molecule has 0 amide bonds. The molecule has 0 aliphatic rings. The van der Waals surface area contributed by atoms with E-state index in [2.05, 4.69) is 38.2 Å². The number of phosphoric ester groups is 1. The van der Waals surface area contributed by atoms with E-state index in [4.69, 9.17) is 18.5 Å². The largest absolute Gasteiger partial charge is 0.472 e. The molecule has 0 aromatic heterocycles. The quantitative estimate of drug-likeness (QED) is 0.0223. The minimum atomic E-state index is -4.37. The zero-order valence-electron chi connectivity index (χ0n) is 32.9. The molecule has 0 aliphatic heterocycles. The van der Waals surface area contributed by atoms with Gasteiger partial charge >= 0.3 is 19.8 Å². The highest BCUT2D eigenvalue weighted by Gasteiger charge is 2.27. The number of unbranched alkanes of at least 4 members (excludes halogenated alkanes) is 18. The van der Waals surface area contributed by atoms with E-state index in [1.807, 2.05) is 21.1 Å². The van der Waals surface area contributed by atoms with Gasteiger partial charge in [0.05, 0.1) is 27.7 Å². The summed E-state index contributed by atoms with van der Waals surface area (Å²) in [5.74, 6) is -0.836. The van der Waals surface area contributed by atoms with Gasteiger partial charge in [-0.3, -0.25) is 18.6 Å². The Morgan fingerprint density at radius 1 is 0.600 bits per heavy atom. The van der Waals surface area contributed by atoms with E-state index < -0.39 is 26.5 Å². The Labute approximate surface area is 307 Å². The monoisotopic (exact) mass is 731 g/mol. The number of phosphoric acid groups is 1. The average molecular weight is 731 g/mol. The van der Waals surface area contributed by atoms with Crippen molar-refractivity contribution in [3.05, 3.63) is 24.3 Å². The highest BCUT2D eigenvalue weighted by atomic mass is 31.2. The third kappa shape index (κ3) is 36.3. The van der Waals surface area contributed by atoms with Crippen LogP contribution in [0.5, 0.6) is 0 Å². The van der Waals surface area contributed by atoms with Crippen LogP contribution in [0.25, 0.3) is 0 Å². The van der Waals surface area contributed by atoms with Crippen molar-refractivity contribution in [2.24, 2.45) is 0 Å². The lowest BCUT2D eigenvalue weighted by atomic mass is 10.1. The van der Waals surface area contributed by atoms with E-state index in [-0.39, 0.29) is 32.0 Å². The van der Waals surface area contributed by atoms with Gasteiger partial charge in [0.1, 0.15) is 19.8 Å². The SMILES string of the molecule is CCCCCCCC/C=C/CCCCCC(=O)OC[C@H](COP(=O)(O)OCC[N+](C)(C)C)OC(=O)CCCCC/C=C/CCCCCCCC. The molecule has 0 aliphatic carbocycles. The van der Waals surface area contributed by atoms with Gasteiger partial charge in [-0.05, 0) is 64.2 Å². The van der Waals surface area contributed by atoms with Crippen LogP contribution in [0.2, 0.25) is 0 Å². The van der Waals surface area contributed by atoms with Crippen LogP contribution in [0, 0.1) is 0 Å². The summed E-state index contributed by atoms with van der Waals surface area (Å²) in [4.78, 5) is 35.2. The topological polar surface area (TPSA) is 108 Å². The Balaban J connectivity index is 4.47. The maximum atomic E-state index is 12.6. The number of ether oxygens (including phenoxy) is 2. The van der Waals surface area contributed by atoms with Gasteiger partial charge < -0.3 is 18.9 Å². The van der Waals surface area contributed by atoms with Crippen LogP contribution in [0.1, 0.15) is 168 Å². The number of allylic oxidation sites excluding steroid dienone is 4. The number of esters is 2. The van der Waals surface area contributed by atoms with E-state index in [0.29, 0.717) is 23.9 Å². The third-order valence-corrected chi connectivity index (χ3v) is 9.44. The summed E-state index contributed by atoms with van der Waals surface area (Å²) in [6, 6.07) is 0. The van der Waals surface area contributed by atoms with Crippen molar-refractivity contribution in [3.8, 4) is 0 Å². The van der Waals surface area contributed by atoms with Crippen LogP contribution in [0.4, 0.5) is 0 Å². The molecule has 0 fully saturated rings. The third-order valence-electron chi connectivity index (χ3n) is 8.45. The van der Waals surface area contributed by atoms with Crippen LogP contribution in [0.3, 0.4) is 0 Å². The predicted octanol–water partition coefficient (Wildman–Crippen LogP) is 10.8. The van der Waals surface area contributed by atoms with E-state index in [9.17, 15) is 19.0 Å². The molecule has 1 N–H and O–H groups in total. The molecule has 9 nitrogen and oxygen atoms in total. The summed E-state index contributed by atoms with van der Waals surface area (Å²) in [6.07, 6.45) is 33.7. The first kappa shape index (κ1) is 48.5. The Kier molecular flexibility index (Phi) is 32.3. The maximum absolute atomic E-state index is 12.6. The first-order chi connectivity index (χ1) is 24.0. The van der Waals surface area contributed by atoms with E-state index in [1.165, 1.54) is 77.0 Å². The standard InChI is InChI=1S/C40H76NO8P/c1-6-8-10-12-14-16-18-20-22-24-26-28-30-32-39(42)46-36-38(37-48-50(44,45)47-35-34-41(3,4)5)49-40(43)33-31-29-27-25-23-21-19-17-15-13-11-9-7-2/h20-23,38H,6-19,24-37H2,1-5H3/p+1/b22-20+,23-21+/t38-/m1/s1. The van der Waals surface area contributed by atoms with Gasteiger partial charge in [0.2, 0.25) is 0 Å². The molecule has 10 heteroatoms. The van der Waals surface area contributed by atoms with Crippen LogP contribution < -0.4 is 0 Å². The Morgan fingerprint density at radius 2 is 1.02 bits per heavy atom. The molecule has 0 aromatic rings. The van der Waals surface area contributed by atoms with Crippen molar-refractivity contribution >= 4 is 19.8 Å². The molecule has 0 aromatic carbocycles. The maximum Gasteiger partial charge on any atom is 0.472 e. The predicted molar refractivity (Wildman–Crippen MR) is 206 cm³/mol. The van der Waals surface area contributed by atoms with Crippen molar-refractivity contribution < 1.29 is 42.1 Å². The van der Waals surface area contributed by atoms with Gasteiger partial charge in [0, 0.05) is 12.8 Å². The van der Waals surface area contributed by atoms with Crippen molar-refractivity contribution in [1.82, 2.24) is 0 Å². The normalized spacial score (nSPS) is 14.0. The summed E-state index contributed by atoms with van der Waals surface area (Å²) in [6.45, 7) is 4.36. The van der Waals surface area contributed by atoms with Gasteiger partial charge in [-0.15, -0.1) is 0 Å². The first-order valence-electron chi connectivity index (χ1n) is 20.1. The molecule has 2 atom stereocenters. The Bertz CT molecular complexity index is 918. The fourth-order valence-corrected chi connectivity index (χ4v) is 5.98. The fourth-order valence-electron chi connectivity index (χ4n) is 5.24. The lowest BCUT2D eigenvalue weighted by molar-refractivity contribution is -0.870. The lowest BCUT2D eigenvalue weighted by Gasteiger charge is -2.24. The first-order valence-corrected chi connectivity index (χ1v) is 21.6. The molecule has 0 bridgehead atoms. The van der Waals surface area contributed by atoms with Crippen molar-refractivity contribution in [3.63, 3.8) is 0 Å². The van der Waals surface area contributed by atoms with Crippen LogP contribution >= 0.6 is 7.82 Å². The average Bonchev–Trinajstić information content (AvgIpc) is 3.06. The van der Waals surface area contributed by atoms with E-state index in [1.54, 1.807) is 0 Å². The molecule has 50 heavy (non-hydrogen) atoms. The van der Waals surface area contributed by atoms with Crippen molar-refractivity contribution in [2.45, 2.75) is 174 Å². The number of quaternary nitrogens is 1. The Hall–Kier alpha value is -1.51. The van der Waals surface area contributed by atoms with Crippen molar-refractivity contribution in [1.29, 1.82) is 0 Å². The van der Waals surface area contributed by atoms with Gasteiger partial charge in [0.15, 0.2) is 6.10 Å². The molecule has 0 heterocycles. The zero-order chi connectivity index (χ0) is 37.2. The Morgan fingerprint density at radius 3 is 1.48 bits per heavy atom. The summed E-state index contributed by atoms with van der Waals surface area (Å²) in [5.41, 5.74) is 0. The molecule has 294 valence electrons.